The maximum Gasteiger partial charge on any atom is 0.144 e. The molecule has 0 saturated heterocycles. The summed E-state index contributed by atoms with van der Waals surface area (Å²) in [6.45, 7) is 4.56. The lowest BCUT2D eigenvalue weighted by Gasteiger charge is -2.33. The number of pyridine rings is 1. The van der Waals surface area contributed by atoms with Gasteiger partial charge in [0.25, 0.3) is 0 Å². The van der Waals surface area contributed by atoms with Crippen LogP contribution >= 0.6 is 0 Å². The second kappa shape index (κ2) is 5.26. The van der Waals surface area contributed by atoms with Crippen molar-refractivity contribution in [2.75, 3.05) is 11.1 Å². The Labute approximate surface area is 108 Å². The SMILES string of the molecule is CC1CCC(Nc2ncc(N)cc2C#N)C(C)C1. The first kappa shape index (κ1) is 12.7. The van der Waals surface area contributed by atoms with Crippen molar-refractivity contribution in [3.05, 3.63) is 17.8 Å². The minimum absolute atomic E-state index is 0.407. The Hall–Kier alpha value is -1.76. The van der Waals surface area contributed by atoms with Gasteiger partial charge in [0, 0.05) is 6.04 Å². The van der Waals surface area contributed by atoms with Crippen LogP contribution in [0.3, 0.4) is 0 Å². The van der Waals surface area contributed by atoms with Crippen LogP contribution in [0.4, 0.5) is 11.5 Å². The number of aromatic nitrogens is 1. The summed E-state index contributed by atoms with van der Waals surface area (Å²) in [5, 5.41) is 12.5. The molecule has 3 atom stereocenters. The minimum Gasteiger partial charge on any atom is -0.397 e. The maximum absolute atomic E-state index is 9.09. The van der Waals surface area contributed by atoms with E-state index >= 15 is 0 Å². The first-order valence-electron chi connectivity index (χ1n) is 6.52. The fourth-order valence-electron chi connectivity index (χ4n) is 2.74. The average molecular weight is 244 g/mol. The number of hydrogen-bond donors (Lipinski definition) is 2. The molecular weight excluding hydrogens is 224 g/mol. The van der Waals surface area contributed by atoms with Gasteiger partial charge in [-0.3, -0.25) is 0 Å². The number of nitrogens with zero attached hydrogens (tertiary/aromatic N) is 2. The maximum atomic E-state index is 9.09. The topological polar surface area (TPSA) is 74.7 Å². The van der Waals surface area contributed by atoms with Gasteiger partial charge >= 0.3 is 0 Å². The molecule has 0 aromatic carbocycles. The van der Waals surface area contributed by atoms with Gasteiger partial charge in [0.1, 0.15) is 11.9 Å². The second-order valence-corrected chi connectivity index (χ2v) is 5.42. The molecule has 3 N–H and O–H groups in total. The van der Waals surface area contributed by atoms with E-state index in [-0.39, 0.29) is 0 Å². The molecule has 1 aromatic heterocycles. The Kier molecular flexibility index (Phi) is 3.71. The monoisotopic (exact) mass is 244 g/mol. The molecule has 1 heterocycles. The van der Waals surface area contributed by atoms with Gasteiger partial charge in [-0.1, -0.05) is 13.8 Å². The lowest BCUT2D eigenvalue weighted by molar-refractivity contribution is 0.276. The molecule has 4 heteroatoms. The molecule has 0 bridgehead atoms. The highest BCUT2D eigenvalue weighted by Crippen LogP contribution is 2.31. The zero-order chi connectivity index (χ0) is 13.1. The van der Waals surface area contributed by atoms with E-state index in [1.54, 1.807) is 12.3 Å². The van der Waals surface area contributed by atoms with E-state index in [2.05, 4.69) is 30.2 Å². The van der Waals surface area contributed by atoms with E-state index in [4.69, 9.17) is 11.0 Å². The molecule has 2 rings (SSSR count). The van der Waals surface area contributed by atoms with Crippen molar-refractivity contribution in [2.45, 2.75) is 39.2 Å². The Morgan fingerprint density at radius 2 is 2.22 bits per heavy atom. The van der Waals surface area contributed by atoms with E-state index in [0.717, 1.165) is 12.3 Å². The van der Waals surface area contributed by atoms with Crippen molar-refractivity contribution < 1.29 is 0 Å². The van der Waals surface area contributed by atoms with Gasteiger partial charge in [-0.15, -0.1) is 0 Å². The van der Waals surface area contributed by atoms with Crippen molar-refractivity contribution >= 4 is 11.5 Å². The predicted molar refractivity (Wildman–Crippen MR) is 73.0 cm³/mol. The van der Waals surface area contributed by atoms with Gasteiger partial charge in [-0.05, 0) is 37.2 Å². The van der Waals surface area contributed by atoms with Crippen LogP contribution < -0.4 is 11.1 Å². The molecule has 0 aliphatic heterocycles. The summed E-state index contributed by atoms with van der Waals surface area (Å²) in [5.41, 5.74) is 6.70. The van der Waals surface area contributed by atoms with E-state index in [9.17, 15) is 0 Å². The largest absolute Gasteiger partial charge is 0.397 e. The Morgan fingerprint density at radius 1 is 1.44 bits per heavy atom. The Bertz CT molecular complexity index is 463. The Morgan fingerprint density at radius 3 is 2.89 bits per heavy atom. The van der Waals surface area contributed by atoms with Gasteiger partial charge in [0.05, 0.1) is 17.4 Å². The number of hydrogen-bond acceptors (Lipinski definition) is 4. The van der Waals surface area contributed by atoms with Crippen LogP contribution in [0, 0.1) is 23.2 Å². The third kappa shape index (κ3) is 2.73. The first-order valence-corrected chi connectivity index (χ1v) is 6.52. The van der Waals surface area contributed by atoms with Crippen LogP contribution in [0.1, 0.15) is 38.7 Å². The molecule has 1 fully saturated rings. The van der Waals surface area contributed by atoms with E-state index < -0.39 is 0 Å². The molecule has 96 valence electrons. The molecule has 3 unspecified atom stereocenters. The fourth-order valence-corrected chi connectivity index (χ4v) is 2.74. The average Bonchev–Trinajstić information content (AvgIpc) is 2.34. The van der Waals surface area contributed by atoms with Gasteiger partial charge in [0.15, 0.2) is 0 Å². The lowest BCUT2D eigenvalue weighted by atomic mass is 9.80. The normalized spacial score (nSPS) is 27.5. The molecular formula is C14H20N4. The lowest BCUT2D eigenvalue weighted by Crippen LogP contribution is -2.33. The third-order valence-electron chi connectivity index (χ3n) is 3.78. The highest BCUT2D eigenvalue weighted by Gasteiger charge is 2.25. The van der Waals surface area contributed by atoms with Crippen molar-refractivity contribution in [3.63, 3.8) is 0 Å². The highest BCUT2D eigenvalue weighted by atomic mass is 15.0. The molecule has 0 radical (unpaired) electrons. The van der Waals surface area contributed by atoms with Gasteiger partial charge in [0.2, 0.25) is 0 Å². The van der Waals surface area contributed by atoms with Crippen LogP contribution in [0.5, 0.6) is 0 Å². The van der Waals surface area contributed by atoms with E-state index in [1.165, 1.54) is 12.8 Å². The summed E-state index contributed by atoms with van der Waals surface area (Å²) in [5.74, 6) is 2.07. The van der Waals surface area contributed by atoms with Crippen molar-refractivity contribution in [2.24, 2.45) is 11.8 Å². The van der Waals surface area contributed by atoms with Gasteiger partial charge < -0.3 is 11.1 Å². The second-order valence-electron chi connectivity index (χ2n) is 5.42. The van der Waals surface area contributed by atoms with Gasteiger partial charge in [-0.2, -0.15) is 5.26 Å². The van der Waals surface area contributed by atoms with Crippen LogP contribution in [0.15, 0.2) is 12.3 Å². The highest BCUT2D eigenvalue weighted by molar-refractivity contribution is 5.57. The summed E-state index contributed by atoms with van der Waals surface area (Å²) < 4.78 is 0. The molecule has 1 aliphatic carbocycles. The molecule has 0 spiro atoms. The van der Waals surface area contributed by atoms with Crippen LogP contribution in [0.25, 0.3) is 0 Å². The number of nitrogens with two attached hydrogens (primary N) is 1. The van der Waals surface area contributed by atoms with Crippen molar-refractivity contribution in [3.8, 4) is 6.07 Å². The molecule has 18 heavy (non-hydrogen) atoms. The smallest absolute Gasteiger partial charge is 0.144 e. The van der Waals surface area contributed by atoms with Crippen LogP contribution in [0.2, 0.25) is 0 Å². The van der Waals surface area contributed by atoms with Crippen LogP contribution in [-0.2, 0) is 0 Å². The Balaban J connectivity index is 2.12. The molecule has 1 aromatic rings. The first-order chi connectivity index (χ1) is 8.60. The van der Waals surface area contributed by atoms with E-state index in [0.29, 0.717) is 29.0 Å². The summed E-state index contributed by atoms with van der Waals surface area (Å²) in [4.78, 5) is 4.24. The third-order valence-corrected chi connectivity index (χ3v) is 3.78. The molecule has 4 nitrogen and oxygen atoms in total. The standard InChI is InChI=1S/C14H20N4/c1-9-3-4-13(10(2)5-9)18-14-11(7-15)6-12(16)8-17-14/h6,8-10,13H,3-5,16H2,1-2H3,(H,17,18). The zero-order valence-corrected chi connectivity index (χ0v) is 11.0. The predicted octanol–water partition coefficient (Wildman–Crippen LogP) is 2.77. The number of rotatable bonds is 2. The zero-order valence-electron chi connectivity index (χ0n) is 11.0. The summed E-state index contributed by atoms with van der Waals surface area (Å²) in [7, 11) is 0. The molecule has 1 aliphatic rings. The summed E-state index contributed by atoms with van der Waals surface area (Å²) >= 11 is 0. The quantitative estimate of drug-likeness (QED) is 0.838. The molecule has 0 amide bonds. The van der Waals surface area contributed by atoms with Gasteiger partial charge in [-0.25, -0.2) is 4.98 Å². The number of nitrogen functional groups attached to an aromatic ring is 1. The minimum atomic E-state index is 0.407. The van der Waals surface area contributed by atoms with Crippen LogP contribution in [-0.4, -0.2) is 11.0 Å². The summed E-state index contributed by atoms with van der Waals surface area (Å²) in [6.07, 6.45) is 5.20. The molecule has 1 saturated carbocycles. The van der Waals surface area contributed by atoms with Crippen molar-refractivity contribution in [1.29, 1.82) is 5.26 Å². The number of anilines is 2. The summed E-state index contributed by atoms with van der Waals surface area (Å²) in [6, 6.07) is 4.22. The number of nitriles is 1. The van der Waals surface area contributed by atoms with E-state index in [1.807, 2.05) is 0 Å². The number of nitrogens with one attached hydrogen (secondary N) is 1. The van der Waals surface area contributed by atoms with Crippen molar-refractivity contribution in [1.82, 2.24) is 4.98 Å². The fraction of sp³-hybridized carbons (Fsp3) is 0.571.